The minimum Gasteiger partial charge on any atom is -0.338 e. The summed E-state index contributed by atoms with van der Waals surface area (Å²) in [7, 11) is 0. The average molecular weight is 377 g/mol. The van der Waals surface area contributed by atoms with Crippen LogP contribution >= 0.6 is 12.4 Å². The summed E-state index contributed by atoms with van der Waals surface area (Å²) in [5, 5.41) is 3.27. The molecule has 2 fully saturated rings. The Morgan fingerprint density at radius 2 is 2.12 bits per heavy atom. The molecule has 2 aliphatic rings. The molecule has 1 saturated carbocycles. The summed E-state index contributed by atoms with van der Waals surface area (Å²) in [5.41, 5.74) is -0.00678. The molecule has 3 nitrogen and oxygen atoms in total. The van der Waals surface area contributed by atoms with E-state index in [0.717, 1.165) is 38.5 Å². The summed E-state index contributed by atoms with van der Waals surface area (Å²) < 4.78 is 38.6. The Hall–Kier alpha value is -1.27. The number of nitrogens with one attached hydrogen (secondary N) is 1. The number of hydrogen-bond donors (Lipinski definition) is 1. The van der Waals surface area contributed by atoms with Crippen LogP contribution in [-0.4, -0.2) is 36.5 Å². The molecule has 1 aliphatic heterocycles. The Balaban J connectivity index is 0.00000225. The molecule has 0 bridgehead atoms. The molecule has 1 aromatic carbocycles. The minimum atomic E-state index is -4.34. The van der Waals surface area contributed by atoms with Crippen molar-refractivity contribution in [3.63, 3.8) is 0 Å². The van der Waals surface area contributed by atoms with E-state index >= 15 is 0 Å². The molecule has 1 saturated heterocycles. The smallest absolute Gasteiger partial charge is 0.338 e. The van der Waals surface area contributed by atoms with Crippen molar-refractivity contribution >= 4 is 18.3 Å². The normalized spacial score (nSPS) is 25.4. The SMILES string of the molecule is CCCN(C(=O)C1CC1c1cccc(C(F)(F)F)c1)C1CCNC1.Cl. The van der Waals surface area contributed by atoms with Gasteiger partial charge in [0, 0.05) is 25.0 Å². The van der Waals surface area contributed by atoms with Crippen molar-refractivity contribution in [1.82, 2.24) is 10.2 Å². The van der Waals surface area contributed by atoms with Gasteiger partial charge in [-0.3, -0.25) is 4.79 Å². The zero-order valence-electron chi connectivity index (χ0n) is 14.2. The van der Waals surface area contributed by atoms with Crippen molar-refractivity contribution in [3.05, 3.63) is 35.4 Å². The molecular weight excluding hydrogens is 353 g/mol. The zero-order chi connectivity index (χ0) is 17.3. The van der Waals surface area contributed by atoms with Crippen LogP contribution in [-0.2, 0) is 11.0 Å². The molecule has 0 radical (unpaired) electrons. The fourth-order valence-electron chi connectivity index (χ4n) is 3.61. The summed E-state index contributed by atoms with van der Waals surface area (Å²) in [5.74, 6) is -0.137. The number of nitrogens with zero attached hydrogens (tertiary/aromatic N) is 1. The first-order valence-corrected chi connectivity index (χ1v) is 8.60. The Morgan fingerprint density at radius 1 is 1.36 bits per heavy atom. The lowest BCUT2D eigenvalue weighted by atomic mass is 10.0. The van der Waals surface area contributed by atoms with Gasteiger partial charge in [-0.25, -0.2) is 0 Å². The molecule has 25 heavy (non-hydrogen) atoms. The van der Waals surface area contributed by atoms with Crippen LogP contribution < -0.4 is 5.32 Å². The van der Waals surface area contributed by atoms with Crippen molar-refractivity contribution in [2.24, 2.45) is 5.92 Å². The van der Waals surface area contributed by atoms with E-state index in [1.54, 1.807) is 6.07 Å². The number of amides is 1. The largest absolute Gasteiger partial charge is 0.416 e. The van der Waals surface area contributed by atoms with Crippen LogP contribution in [0.25, 0.3) is 0 Å². The second-order valence-corrected chi connectivity index (χ2v) is 6.75. The third kappa shape index (κ3) is 4.47. The van der Waals surface area contributed by atoms with Gasteiger partial charge in [-0.15, -0.1) is 12.4 Å². The molecule has 7 heteroatoms. The molecule has 1 aromatic rings. The third-order valence-corrected chi connectivity index (χ3v) is 4.97. The summed E-state index contributed by atoms with van der Waals surface area (Å²) >= 11 is 0. The number of benzene rings is 1. The molecule has 0 aromatic heterocycles. The highest BCUT2D eigenvalue weighted by molar-refractivity contribution is 5.85. The van der Waals surface area contributed by atoms with Crippen molar-refractivity contribution < 1.29 is 18.0 Å². The average Bonchev–Trinajstić information content (AvgIpc) is 3.17. The molecule has 3 unspecified atom stereocenters. The second-order valence-electron chi connectivity index (χ2n) is 6.75. The predicted octanol–water partition coefficient (Wildman–Crippen LogP) is 3.83. The van der Waals surface area contributed by atoms with Gasteiger partial charge in [0.25, 0.3) is 0 Å². The molecule has 140 valence electrons. The number of hydrogen-bond acceptors (Lipinski definition) is 2. The lowest BCUT2D eigenvalue weighted by molar-refractivity contribution is -0.137. The molecule has 0 spiro atoms. The minimum absolute atomic E-state index is 0. The highest BCUT2D eigenvalue weighted by Crippen LogP contribution is 2.49. The van der Waals surface area contributed by atoms with E-state index in [4.69, 9.17) is 0 Å². The highest BCUT2D eigenvalue weighted by Gasteiger charge is 2.47. The highest BCUT2D eigenvalue weighted by atomic mass is 35.5. The van der Waals surface area contributed by atoms with E-state index in [9.17, 15) is 18.0 Å². The molecule has 1 amide bonds. The maximum atomic E-state index is 12.9. The van der Waals surface area contributed by atoms with Gasteiger partial charge in [0.1, 0.15) is 0 Å². The lowest BCUT2D eigenvalue weighted by Gasteiger charge is -2.28. The quantitative estimate of drug-likeness (QED) is 0.847. The maximum Gasteiger partial charge on any atom is 0.416 e. The van der Waals surface area contributed by atoms with Gasteiger partial charge in [0.2, 0.25) is 5.91 Å². The van der Waals surface area contributed by atoms with E-state index < -0.39 is 11.7 Å². The first-order valence-electron chi connectivity index (χ1n) is 8.60. The Kier molecular flexibility index (Phi) is 6.38. The number of carbonyl (C=O) groups excluding carboxylic acids is 1. The van der Waals surface area contributed by atoms with Gasteiger partial charge in [0.15, 0.2) is 0 Å². The molecule has 1 aliphatic carbocycles. The predicted molar refractivity (Wildman–Crippen MR) is 92.8 cm³/mol. The van der Waals surface area contributed by atoms with E-state index in [1.807, 2.05) is 11.8 Å². The standard InChI is InChI=1S/C18H23F3N2O.ClH/c1-2-8-23(14-6-7-22-11-14)17(24)16-10-15(16)12-4-3-5-13(9-12)18(19,20)21;/h3-5,9,14-16,22H,2,6-8,10-11H2,1H3;1H. The Morgan fingerprint density at radius 3 is 2.72 bits per heavy atom. The van der Waals surface area contributed by atoms with Gasteiger partial charge in [-0.05, 0) is 43.4 Å². The van der Waals surface area contributed by atoms with Gasteiger partial charge in [0.05, 0.1) is 5.56 Å². The molecule has 1 N–H and O–H groups in total. The summed E-state index contributed by atoms with van der Waals surface area (Å²) in [4.78, 5) is 14.8. The van der Waals surface area contributed by atoms with Crippen molar-refractivity contribution in [2.75, 3.05) is 19.6 Å². The Bertz CT molecular complexity index is 602. The first-order chi connectivity index (χ1) is 11.4. The van der Waals surface area contributed by atoms with E-state index in [-0.39, 0.29) is 36.2 Å². The van der Waals surface area contributed by atoms with Gasteiger partial charge in [-0.1, -0.05) is 25.1 Å². The molecule has 3 rings (SSSR count). The lowest BCUT2D eigenvalue weighted by Crippen LogP contribution is -2.43. The van der Waals surface area contributed by atoms with E-state index in [2.05, 4.69) is 5.32 Å². The van der Waals surface area contributed by atoms with Gasteiger partial charge < -0.3 is 10.2 Å². The summed E-state index contributed by atoms with van der Waals surface area (Å²) in [6.07, 6.45) is -1.84. The topological polar surface area (TPSA) is 32.3 Å². The third-order valence-electron chi connectivity index (χ3n) is 4.97. The maximum absolute atomic E-state index is 12.9. The monoisotopic (exact) mass is 376 g/mol. The fourth-order valence-corrected chi connectivity index (χ4v) is 3.61. The molecular formula is C18H24ClF3N2O. The zero-order valence-corrected chi connectivity index (χ0v) is 15.0. The fraction of sp³-hybridized carbons (Fsp3) is 0.611. The first kappa shape index (κ1) is 20.0. The summed E-state index contributed by atoms with van der Waals surface area (Å²) in [6.45, 7) is 4.49. The van der Waals surface area contributed by atoms with Crippen LogP contribution in [0.4, 0.5) is 13.2 Å². The van der Waals surface area contributed by atoms with E-state index in [1.165, 1.54) is 12.1 Å². The summed E-state index contributed by atoms with van der Waals surface area (Å²) in [6, 6.07) is 5.63. The number of carbonyl (C=O) groups is 1. The Labute approximate surface area is 152 Å². The molecule has 3 atom stereocenters. The van der Waals surface area contributed by atoms with Crippen LogP contribution in [0.1, 0.15) is 43.2 Å². The van der Waals surface area contributed by atoms with Crippen LogP contribution in [0.2, 0.25) is 0 Å². The number of alkyl halides is 3. The number of halogens is 4. The van der Waals surface area contributed by atoms with Crippen molar-refractivity contribution in [2.45, 2.75) is 44.3 Å². The van der Waals surface area contributed by atoms with Crippen LogP contribution in [0, 0.1) is 5.92 Å². The molecule has 1 heterocycles. The van der Waals surface area contributed by atoms with Crippen LogP contribution in [0.5, 0.6) is 0 Å². The van der Waals surface area contributed by atoms with Crippen LogP contribution in [0.15, 0.2) is 24.3 Å². The van der Waals surface area contributed by atoms with Crippen LogP contribution in [0.3, 0.4) is 0 Å². The van der Waals surface area contributed by atoms with E-state index in [0.29, 0.717) is 12.0 Å². The second kappa shape index (κ2) is 7.96. The van der Waals surface area contributed by atoms with Gasteiger partial charge in [-0.2, -0.15) is 13.2 Å². The number of rotatable bonds is 5. The van der Waals surface area contributed by atoms with Gasteiger partial charge >= 0.3 is 6.18 Å². The van der Waals surface area contributed by atoms with Crippen molar-refractivity contribution in [1.29, 1.82) is 0 Å². The van der Waals surface area contributed by atoms with Crippen molar-refractivity contribution in [3.8, 4) is 0 Å².